The summed E-state index contributed by atoms with van der Waals surface area (Å²) >= 11 is 1.59. The van der Waals surface area contributed by atoms with Crippen molar-refractivity contribution in [3.05, 3.63) is 29.4 Å². The van der Waals surface area contributed by atoms with Crippen LogP contribution in [0.25, 0.3) is 4.96 Å². The van der Waals surface area contributed by atoms with Gasteiger partial charge in [0.05, 0.1) is 13.7 Å². The van der Waals surface area contributed by atoms with Crippen LogP contribution in [0, 0.1) is 0 Å². The standard InChI is InChI=1S/C11H14N6OS/c1-16-7-13-9(15-16)6-12-5-8-10(18-2)14-11-17(8)3-4-19-11/h3-4,7,12H,5-6H2,1-2H3. The molecule has 0 unspecified atom stereocenters. The Hall–Kier alpha value is -1.93. The smallest absolute Gasteiger partial charge is 0.237 e. The summed E-state index contributed by atoms with van der Waals surface area (Å²) in [4.78, 5) is 9.51. The Morgan fingerprint density at radius 3 is 3.05 bits per heavy atom. The van der Waals surface area contributed by atoms with Crippen LogP contribution in [0.4, 0.5) is 0 Å². The van der Waals surface area contributed by atoms with E-state index in [9.17, 15) is 0 Å². The molecule has 0 aromatic carbocycles. The number of aryl methyl sites for hydroxylation is 1. The lowest BCUT2D eigenvalue weighted by Gasteiger charge is -2.03. The van der Waals surface area contributed by atoms with E-state index in [1.165, 1.54) is 0 Å². The van der Waals surface area contributed by atoms with Crippen LogP contribution in [-0.2, 0) is 20.1 Å². The topological polar surface area (TPSA) is 69.3 Å². The van der Waals surface area contributed by atoms with E-state index < -0.39 is 0 Å². The first kappa shape index (κ1) is 12.1. The second-order valence-corrected chi connectivity index (χ2v) is 4.93. The molecule has 0 saturated heterocycles. The number of methoxy groups -OCH3 is 1. The van der Waals surface area contributed by atoms with Crippen LogP contribution >= 0.6 is 11.3 Å². The van der Waals surface area contributed by atoms with Gasteiger partial charge in [-0.05, 0) is 0 Å². The van der Waals surface area contributed by atoms with Crippen LogP contribution in [0.3, 0.4) is 0 Å². The molecule has 0 spiro atoms. The van der Waals surface area contributed by atoms with Crippen LogP contribution in [0.15, 0.2) is 17.9 Å². The van der Waals surface area contributed by atoms with Crippen molar-refractivity contribution in [1.82, 2.24) is 29.5 Å². The number of nitrogens with zero attached hydrogens (tertiary/aromatic N) is 5. The molecule has 100 valence electrons. The monoisotopic (exact) mass is 278 g/mol. The Balaban J connectivity index is 1.72. The Labute approximate surface area is 113 Å². The number of nitrogens with one attached hydrogen (secondary N) is 1. The zero-order chi connectivity index (χ0) is 13.2. The highest BCUT2D eigenvalue weighted by atomic mass is 32.1. The van der Waals surface area contributed by atoms with Crippen LogP contribution < -0.4 is 10.1 Å². The number of rotatable bonds is 5. The highest BCUT2D eigenvalue weighted by Crippen LogP contribution is 2.22. The molecule has 3 heterocycles. The molecule has 19 heavy (non-hydrogen) atoms. The van der Waals surface area contributed by atoms with Crippen LogP contribution in [0.2, 0.25) is 0 Å². The van der Waals surface area contributed by atoms with E-state index in [0.29, 0.717) is 19.0 Å². The van der Waals surface area contributed by atoms with Gasteiger partial charge in [-0.2, -0.15) is 10.1 Å². The molecule has 8 heteroatoms. The number of ether oxygens (including phenoxy) is 1. The first-order valence-corrected chi connectivity index (χ1v) is 6.69. The van der Waals surface area contributed by atoms with Gasteiger partial charge < -0.3 is 10.1 Å². The molecule has 0 aliphatic carbocycles. The van der Waals surface area contributed by atoms with Gasteiger partial charge >= 0.3 is 0 Å². The van der Waals surface area contributed by atoms with Crippen LogP contribution in [-0.4, -0.2) is 31.3 Å². The highest BCUT2D eigenvalue weighted by Gasteiger charge is 2.13. The van der Waals surface area contributed by atoms with Crippen molar-refractivity contribution in [3.8, 4) is 5.88 Å². The van der Waals surface area contributed by atoms with Crippen molar-refractivity contribution >= 4 is 16.3 Å². The minimum Gasteiger partial charge on any atom is -0.480 e. The van der Waals surface area contributed by atoms with Crippen molar-refractivity contribution in [2.75, 3.05) is 7.11 Å². The van der Waals surface area contributed by atoms with E-state index in [0.717, 1.165) is 16.5 Å². The van der Waals surface area contributed by atoms with E-state index in [1.54, 1.807) is 29.5 Å². The minimum atomic E-state index is 0.612. The Morgan fingerprint density at radius 2 is 2.32 bits per heavy atom. The molecular weight excluding hydrogens is 264 g/mol. The van der Waals surface area contributed by atoms with Gasteiger partial charge in [0, 0.05) is 25.2 Å². The summed E-state index contributed by atoms with van der Waals surface area (Å²) in [6.45, 7) is 1.26. The molecule has 1 N–H and O–H groups in total. The molecule has 7 nitrogen and oxygen atoms in total. The zero-order valence-corrected chi connectivity index (χ0v) is 11.5. The molecular formula is C11H14N6OS. The summed E-state index contributed by atoms with van der Waals surface area (Å²) in [7, 11) is 3.49. The first-order chi connectivity index (χ1) is 9.28. The van der Waals surface area contributed by atoms with Gasteiger partial charge in [-0.3, -0.25) is 9.08 Å². The molecule has 0 radical (unpaired) electrons. The van der Waals surface area contributed by atoms with Crippen molar-refractivity contribution in [3.63, 3.8) is 0 Å². The van der Waals surface area contributed by atoms with Crippen LogP contribution in [0.1, 0.15) is 11.5 Å². The normalized spacial score (nSPS) is 11.3. The summed E-state index contributed by atoms with van der Waals surface area (Å²) in [5.74, 6) is 1.43. The SMILES string of the molecule is COc1nc2sccn2c1CNCc1ncn(C)n1. The molecule has 0 aliphatic heterocycles. The molecule has 0 bridgehead atoms. The van der Waals surface area contributed by atoms with Crippen LogP contribution in [0.5, 0.6) is 5.88 Å². The Kier molecular flexibility index (Phi) is 3.18. The number of imidazole rings is 1. The van der Waals surface area contributed by atoms with Gasteiger partial charge in [-0.25, -0.2) is 4.98 Å². The second-order valence-electron chi connectivity index (χ2n) is 4.06. The maximum absolute atomic E-state index is 5.29. The number of hydrogen-bond acceptors (Lipinski definition) is 6. The summed E-state index contributed by atoms with van der Waals surface area (Å²) in [5.41, 5.74) is 1.01. The summed E-state index contributed by atoms with van der Waals surface area (Å²) < 4.78 is 9.01. The van der Waals surface area contributed by atoms with Gasteiger partial charge in [0.25, 0.3) is 0 Å². The van der Waals surface area contributed by atoms with E-state index >= 15 is 0 Å². The Morgan fingerprint density at radius 1 is 1.42 bits per heavy atom. The highest BCUT2D eigenvalue weighted by molar-refractivity contribution is 7.15. The molecule has 3 aromatic heterocycles. The first-order valence-electron chi connectivity index (χ1n) is 5.81. The lowest BCUT2D eigenvalue weighted by atomic mass is 10.4. The zero-order valence-electron chi connectivity index (χ0n) is 10.7. The molecule has 0 saturated carbocycles. The third kappa shape index (κ3) is 2.32. The molecule has 0 atom stereocenters. The Bertz CT molecular complexity index is 684. The largest absolute Gasteiger partial charge is 0.480 e. The molecule has 0 fully saturated rings. The van der Waals surface area contributed by atoms with E-state index in [-0.39, 0.29) is 0 Å². The fourth-order valence-corrected chi connectivity index (χ4v) is 2.62. The van der Waals surface area contributed by atoms with Gasteiger partial charge in [0.2, 0.25) is 5.88 Å². The molecule has 3 aromatic rings. The number of thiazole rings is 1. The molecule has 0 amide bonds. The van der Waals surface area contributed by atoms with E-state index in [1.807, 2.05) is 23.0 Å². The van der Waals surface area contributed by atoms with E-state index in [4.69, 9.17) is 4.74 Å². The summed E-state index contributed by atoms with van der Waals surface area (Å²) in [6.07, 6.45) is 3.68. The molecule has 3 rings (SSSR count). The summed E-state index contributed by atoms with van der Waals surface area (Å²) in [5, 5.41) is 9.52. The summed E-state index contributed by atoms with van der Waals surface area (Å²) in [6, 6.07) is 0. The van der Waals surface area contributed by atoms with Gasteiger partial charge in [-0.15, -0.1) is 11.3 Å². The predicted molar refractivity (Wildman–Crippen MR) is 71.2 cm³/mol. The van der Waals surface area contributed by atoms with Gasteiger partial charge in [0.15, 0.2) is 10.8 Å². The third-order valence-corrected chi connectivity index (χ3v) is 3.50. The number of aromatic nitrogens is 5. The van der Waals surface area contributed by atoms with Crippen molar-refractivity contribution in [1.29, 1.82) is 0 Å². The maximum Gasteiger partial charge on any atom is 0.237 e. The van der Waals surface area contributed by atoms with Crippen molar-refractivity contribution < 1.29 is 4.74 Å². The molecule has 0 aliphatic rings. The third-order valence-electron chi connectivity index (χ3n) is 2.74. The predicted octanol–water partition coefficient (Wildman–Crippen LogP) is 0.823. The number of fused-ring (bicyclic) bond motifs is 1. The quantitative estimate of drug-likeness (QED) is 0.748. The fraction of sp³-hybridized carbons (Fsp3) is 0.364. The fourth-order valence-electron chi connectivity index (χ4n) is 1.89. The average Bonchev–Trinajstić information content (AvgIpc) is 3.06. The number of hydrogen-bond donors (Lipinski definition) is 1. The average molecular weight is 278 g/mol. The van der Waals surface area contributed by atoms with Gasteiger partial charge in [-0.1, -0.05) is 0 Å². The van der Waals surface area contributed by atoms with Gasteiger partial charge in [0.1, 0.15) is 12.0 Å². The van der Waals surface area contributed by atoms with E-state index in [2.05, 4.69) is 20.4 Å². The minimum absolute atomic E-state index is 0.612. The lowest BCUT2D eigenvalue weighted by Crippen LogP contribution is -2.15. The van der Waals surface area contributed by atoms with Crippen molar-refractivity contribution in [2.24, 2.45) is 7.05 Å². The van der Waals surface area contributed by atoms with Crippen molar-refractivity contribution in [2.45, 2.75) is 13.1 Å². The lowest BCUT2D eigenvalue weighted by molar-refractivity contribution is 0.392. The second kappa shape index (κ2) is 4.98. The maximum atomic E-state index is 5.29.